The van der Waals surface area contributed by atoms with Crippen LogP contribution in [0.4, 0.5) is 48.3 Å². The highest BCUT2D eigenvalue weighted by Gasteiger charge is 2.23. The summed E-state index contributed by atoms with van der Waals surface area (Å²) in [5.74, 6) is -2.14. The number of primary amides is 1. The molecule has 14 nitrogen and oxygen atoms in total. The van der Waals surface area contributed by atoms with E-state index in [9.17, 15) is 53.1 Å². The number of aryl methyl sites for hydroxylation is 5. The minimum atomic E-state index is -2.68. The maximum atomic E-state index is 14.0. The van der Waals surface area contributed by atoms with Crippen LogP contribution in [0.1, 0.15) is 192 Å². The summed E-state index contributed by atoms with van der Waals surface area (Å²) in [4.78, 5) is 11.3. The summed E-state index contributed by atoms with van der Waals surface area (Å²) >= 11 is 0. The molecule has 0 radical (unpaired) electrons. The fourth-order valence-electron chi connectivity index (χ4n) is 11.4. The number of hydrogen-bond acceptors (Lipinski definition) is 7. The van der Waals surface area contributed by atoms with Gasteiger partial charge in [-0.25, -0.2) is 48.3 Å². The Bertz CT molecular complexity index is 4930. The van der Waals surface area contributed by atoms with E-state index in [4.69, 9.17) is 5.73 Å². The van der Waals surface area contributed by atoms with Crippen LogP contribution in [0.5, 0.6) is 0 Å². The van der Waals surface area contributed by atoms with Crippen LogP contribution in [-0.4, -0.2) is 65.0 Å². The van der Waals surface area contributed by atoms with Gasteiger partial charge in [-0.3, -0.25) is 33.3 Å². The molecule has 0 atom stereocenters. The molecule has 562 valence electrons. The standard InChI is InChI=1S/C14H15F3N2.C14H16FN3O.C14H17FN2.C13H13F3N2.C13H14F2N2.C13H15FN2/c1-8(2)10-5-4-9(6-12(10)15)11-7-19(3)18-13(11)14(16)17;1-8(2)10-5-4-9(6-12(10)15)11-7-18(3)17-13(11)14(16)19;1-9(2)12-6-5-11(7-14(12)15)13-8-16-17(4)10(13)3;1-7(2)9-4-3-8(5-11(9)14)10-6-17-18-12(10)13(15)16;1-8(2)10-4-13(15)11(5-12(10)14)9-6-16-17(3)7-9;1-9(2)12-5-4-10(6-13(12)14)11-7-15-16(3)8-11/h4-8,14H,1-3H3;4-8H,1-3H3,(H2,16,19);5-9H,1-4H3;3-7,13H,1-2H3,(H,17,18);4-8H,1-3H3;4-9H,1-3H3. The quantitative estimate of drug-likeness (QED) is 0.0966. The molecule has 0 spiro atoms. The number of amides is 1. The molecule has 106 heavy (non-hydrogen) atoms. The molecule has 1 amide bonds. The van der Waals surface area contributed by atoms with Gasteiger partial charge in [0.25, 0.3) is 18.8 Å². The highest BCUT2D eigenvalue weighted by Crippen LogP contribution is 2.36. The summed E-state index contributed by atoms with van der Waals surface area (Å²) in [5, 5.41) is 25.7. The largest absolute Gasteiger partial charge is 0.364 e. The molecule has 12 rings (SSSR count). The summed E-state index contributed by atoms with van der Waals surface area (Å²) in [7, 11) is 8.73. The number of halogens is 11. The molecule has 0 aliphatic carbocycles. The van der Waals surface area contributed by atoms with Crippen LogP contribution < -0.4 is 5.73 Å². The van der Waals surface area contributed by atoms with Crippen LogP contribution >= 0.6 is 0 Å². The van der Waals surface area contributed by atoms with E-state index >= 15 is 0 Å². The smallest absolute Gasteiger partial charge is 0.282 e. The second-order valence-corrected chi connectivity index (χ2v) is 27.4. The summed E-state index contributed by atoms with van der Waals surface area (Å²) in [6.07, 6.45) is 7.66. The minimum absolute atomic E-state index is 0.0348. The molecule has 6 aromatic heterocycles. The molecule has 0 aliphatic heterocycles. The summed E-state index contributed by atoms with van der Waals surface area (Å²) < 4.78 is 156. The van der Waals surface area contributed by atoms with E-state index in [0.29, 0.717) is 50.1 Å². The lowest BCUT2D eigenvalue weighted by molar-refractivity contribution is 0.0995. The number of carbonyl (C=O) groups is 1. The number of nitrogens with two attached hydrogens (primary N) is 1. The monoisotopic (exact) mass is 1470 g/mol. The normalized spacial score (nSPS) is 11.3. The van der Waals surface area contributed by atoms with Gasteiger partial charge in [-0.2, -0.15) is 30.6 Å². The predicted octanol–water partition coefficient (Wildman–Crippen LogP) is 21.5. The van der Waals surface area contributed by atoms with E-state index in [1.807, 2.05) is 135 Å². The first kappa shape index (κ1) is 82.6. The number of nitrogens with one attached hydrogen (secondary N) is 1. The van der Waals surface area contributed by atoms with Crippen molar-refractivity contribution in [1.82, 2.24) is 59.1 Å². The summed E-state index contributed by atoms with van der Waals surface area (Å²) in [5.41, 5.74) is 16.6. The van der Waals surface area contributed by atoms with Gasteiger partial charge in [0.1, 0.15) is 52.1 Å². The molecule has 0 aliphatic rings. The van der Waals surface area contributed by atoms with Gasteiger partial charge in [0.2, 0.25) is 0 Å². The fourth-order valence-corrected chi connectivity index (χ4v) is 11.4. The van der Waals surface area contributed by atoms with Crippen LogP contribution in [0.15, 0.2) is 153 Å². The number of rotatable bonds is 15. The van der Waals surface area contributed by atoms with Crippen LogP contribution in [-0.2, 0) is 35.2 Å². The Hall–Kier alpha value is -10.7. The number of aromatic amines is 1. The lowest BCUT2D eigenvalue weighted by Crippen LogP contribution is -2.13. The molecule has 0 saturated heterocycles. The summed E-state index contributed by atoms with van der Waals surface area (Å²) in [6, 6.07) is 27.3. The van der Waals surface area contributed by atoms with Gasteiger partial charge < -0.3 is 5.73 Å². The Balaban J connectivity index is 0.000000178. The number of hydrogen-bond donors (Lipinski definition) is 2. The maximum absolute atomic E-state index is 14.0. The number of H-pyrrole nitrogens is 1. The average Bonchev–Trinajstić information content (AvgIpc) is 1.70. The Labute approximate surface area is 611 Å². The van der Waals surface area contributed by atoms with Gasteiger partial charge >= 0.3 is 0 Å². The van der Waals surface area contributed by atoms with Gasteiger partial charge in [0.05, 0.1) is 24.8 Å². The first-order valence-electron chi connectivity index (χ1n) is 34.3. The maximum Gasteiger partial charge on any atom is 0.282 e. The lowest BCUT2D eigenvalue weighted by atomic mass is 9.98. The van der Waals surface area contributed by atoms with Crippen molar-refractivity contribution in [3.63, 3.8) is 0 Å². The summed E-state index contributed by atoms with van der Waals surface area (Å²) in [6.45, 7) is 25.0. The van der Waals surface area contributed by atoms with Crippen molar-refractivity contribution in [2.24, 2.45) is 41.0 Å². The number of alkyl halides is 4. The topological polar surface area (TPSA) is 161 Å². The zero-order valence-corrected chi connectivity index (χ0v) is 62.6. The number of nitrogens with zero attached hydrogens (tertiary/aromatic N) is 11. The first-order chi connectivity index (χ1) is 49.9. The predicted molar refractivity (Wildman–Crippen MR) is 395 cm³/mol. The molecule has 6 aromatic carbocycles. The van der Waals surface area contributed by atoms with Crippen LogP contribution in [0, 0.1) is 47.6 Å². The van der Waals surface area contributed by atoms with Crippen molar-refractivity contribution >= 4 is 5.91 Å². The van der Waals surface area contributed by atoms with Crippen LogP contribution in [0.3, 0.4) is 0 Å². The zero-order valence-electron chi connectivity index (χ0n) is 62.6. The van der Waals surface area contributed by atoms with Crippen molar-refractivity contribution in [2.75, 3.05) is 0 Å². The molecule has 0 fully saturated rings. The van der Waals surface area contributed by atoms with Gasteiger partial charge in [-0.1, -0.05) is 144 Å². The Kier molecular flexibility index (Phi) is 28.3. The molecule has 12 aromatic rings. The third kappa shape index (κ3) is 20.8. The average molecular weight is 1470 g/mol. The van der Waals surface area contributed by atoms with Crippen molar-refractivity contribution in [2.45, 2.75) is 138 Å². The first-order valence-corrected chi connectivity index (χ1v) is 34.3. The Morgan fingerprint density at radius 2 is 0.745 bits per heavy atom. The molecule has 25 heteroatoms. The van der Waals surface area contributed by atoms with Crippen molar-refractivity contribution in [1.29, 1.82) is 0 Å². The van der Waals surface area contributed by atoms with E-state index in [0.717, 1.165) is 39.1 Å². The van der Waals surface area contributed by atoms with Gasteiger partial charge in [0, 0.05) is 105 Å². The van der Waals surface area contributed by atoms with E-state index in [1.165, 1.54) is 58.3 Å². The highest BCUT2D eigenvalue weighted by atomic mass is 19.3. The SMILES string of the molecule is CC(C)c1cc(F)c(-c2cnn(C)c2)cc1F.CC(C)c1ccc(-c2cn(C)nc2C(F)F)cc1F.CC(C)c1ccc(-c2cn(C)nc2C(N)=O)cc1F.CC(C)c1ccc(-c2cn[nH]c2C(F)F)cc1F.CC(C)c1ccc(-c2cnn(C)c2)cc1F.Cc1c(-c2ccc(C(C)C)c(F)c2)cnn1C. The van der Waals surface area contributed by atoms with Crippen molar-refractivity contribution < 1.29 is 53.1 Å². The highest BCUT2D eigenvalue weighted by molar-refractivity contribution is 5.97. The van der Waals surface area contributed by atoms with Crippen molar-refractivity contribution in [3.8, 4) is 66.8 Å². The van der Waals surface area contributed by atoms with E-state index < -0.39 is 24.6 Å². The van der Waals surface area contributed by atoms with E-state index in [-0.39, 0.29) is 104 Å². The zero-order chi connectivity index (χ0) is 78.5. The molecule has 0 bridgehead atoms. The molecule has 6 heterocycles. The van der Waals surface area contributed by atoms with E-state index in [1.54, 1.807) is 109 Å². The third-order valence-corrected chi connectivity index (χ3v) is 17.4. The van der Waals surface area contributed by atoms with E-state index in [2.05, 4.69) is 35.7 Å². The minimum Gasteiger partial charge on any atom is -0.364 e. The van der Waals surface area contributed by atoms with Gasteiger partial charge in [-0.05, 0) is 146 Å². The molecular weight excluding hydrogens is 1380 g/mol. The van der Waals surface area contributed by atoms with Gasteiger partial charge in [0.15, 0.2) is 5.69 Å². The van der Waals surface area contributed by atoms with Gasteiger partial charge in [-0.15, -0.1) is 0 Å². The Morgan fingerprint density at radius 3 is 1.12 bits per heavy atom. The van der Waals surface area contributed by atoms with Crippen LogP contribution in [0.2, 0.25) is 0 Å². The second kappa shape index (κ2) is 36.3. The van der Waals surface area contributed by atoms with Crippen LogP contribution in [0.25, 0.3) is 66.8 Å². The molecule has 0 unspecified atom stereocenters. The Morgan fingerprint density at radius 1 is 0.368 bits per heavy atom. The van der Waals surface area contributed by atoms with Crippen molar-refractivity contribution in [3.05, 3.63) is 250 Å². The molecule has 0 saturated carbocycles. The molecular formula is C81H90F11N13O. The third-order valence-electron chi connectivity index (χ3n) is 17.4. The number of benzene rings is 6. The number of aromatic nitrogens is 12. The molecule has 3 N–H and O–H groups in total. The number of carbonyl (C=O) groups excluding carboxylic acids is 1. The fraction of sp³-hybridized carbons (Fsp3) is 0.321. The lowest BCUT2D eigenvalue weighted by Gasteiger charge is -2.09. The second-order valence-electron chi connectivity index (χ2n) is 27.4.